The van der Waals surface area contributed by atoms with Crippen LogP contribution in [0.1, 0.15) is 11.7 Å². The summed E-state index contributed by atoms with van der Waals surface area (Å²) in [4.78, 5) is 0. The van der Waals surface area contributed by atoms with Gasteiger partial charge >= 0.3 is 12.4 Å². The monoisotopic (exact) mass is 365 g/mol. The van der Waals surface area contributed by atoms with E-state index in [0.717, 1.165) is 0 Å². The number of rotatable bonds is 4. The van der Waals surface area contributed by atoms with Gasteiger partial charge < -0.3 is 10.5 Å². The smallest absolute Gasteiger partial charge is 0.351 e. The number of halogens is 7. The van der Waals surface area contributed by atoms with Crippen LogP contribution in [0.2, 0.25) is 0 Å². The second-order valence-electron chi connectivity index (χ2n) is 3.88. The Hall–Kier alpha value is -0.800. The fourth-order valence-corrected chi connectivity index (χ4v) is 1.72. The van der Waals surface area contributed by atoms with E-state index in [-0.39, 0.29) is 5.56 Å². The van der Waals surface area contributed by atoms with Crippen LogP contribution in [0.5, 0.6) is 0 Å². The topological polar surface area (TPSA) is 35.2 Å². The van der Waals surface area contributed by atoms with Crippen LogP contribution in [0, 0.1) is 0 Å². The summed E-state index contributed by atoms with van der Waals surface area (Å²) in [6.07, 6.45) is -16.5. The molecule has 0 aliphatic carbocycles. The summed E-state index contributed by atoms with van der Waals surface area (Å²) in [6.45, 7) is -0.510. The zero-order valence-electron chi connectivity index (χ0n) is 9.80. The lowest BCUT2D eigenvalue weighted by atomic mass is 10.1. The van der Waals surface area contributed by atoms with E-state index in [4.69, 9.17) is 5.73 Å². The van der Waals surface area contributed by atoms with E-state index in [1.54, 1.807) is 0 Å². The van der Waals surface area contributed by atoms with Crippen LogP contribution in [0.25, 0.3) is 0 Å². The van der Waals surface area contributed by atoms with E-state index in [0.29, 0.717) is 4.47 Å². The third-order valence-electron chi connectivity index (χ3n) is 2.35. The number of alkyl halides is 6. The highest BCUT2D eigenvalue weighted by Gasteiger charge is 2.58. The number of hydrogen-bond donors (Lipinski definition) is 1. The minimum absolute atomic E-state index is 0.134. The Morgan fingerprint density at radius 3 is 1.80 bits per heavy atom. The van der Waals surface area contributed by atoms with Crippen molar-refractivity contribution < 1.29 is 31.1 Å². The van der Waals surface area contributed by atoms with Crippen molar-refractivity contribution in [3.63, 3.8) is 0 Å². The molecule has 1 aromatic rings. The fraction of sp³-hybridized carbons (Fsp3) is 0.455. The molecule has 1 rings (SSSR count). The first-order valence-corrected chi connectivity index (χ1v) is 6.09. The summed E-state index contributed by atoms with van der Waals surface area (Å²) in [5.41, 5.74) is 5.34. The largest absolute Gasteiger partial charge is 0.423 e. The van der Waals surface area contributed by atoms with Crippen molar-refractivity contribution in [1.29, 1.82) is 0 Å². The van der Waals surface area contributed by atoms with Gasteiger partial charge in [0, 0.05) is 11.0 Å². The van der Waals surface area contributed by atoms with E-state index in [9.17, 15) is 26.3 Å². The van der Waals surface area contributed by atoms with Gasteiger partial charge in [-0.1, -0.05) is 28.1 Å². The molecule has 2 nitrogen and oxygen atoms in total. The van der Waals surface area contributed by atoms with Gasteiger partial charge in [0.25, 0.3) is 0 Å². The minimum Gasteiger partial charge on any atom is -0.351 e. The van der Waals surface area contributed by atoms with Crippen molar-refractivity contribution in [2.45, 2.75) is 24.6 Å². The standard InChI is InChI=1S/C11H10BrF6NO/c12-7-3-1-6(2-4-7)8(5-19)20-9(10(13,14)15)11(16,17)18/h1-4,8-9H,5,19H2. The third-order valence-corrected chi connectivity index (χ3v) is 2.88. The molecular formula is C11H10BrF6NO. The third kappa shape index (κ3) is 4.64. The molecule has 0 saturated carbocycles. The molecule has 0 aromatic heterocycles. The molecule has 1 atom stereocenters. The lowest BCUT2D eigenvalue weighted by Crippen LogP contribution is -2.45. The molecule has 1 unspecified atom stereocenters. The van der Waals surface area contributed by atoms with Gasteiger partial charge in [-0.15, -0.1) is 0 Å². The highest BCUT2D eigenvalue weighted by molar-refractivity contribution is 9.10. The maximum Gasteiger partial charge on any atom is 0.423 e. The Labute approximate surface area is 119 Å². The van der Waals surface area contributed by atoms with Crippen LogP contribution in [0.3, 0.4) is 0 Å². The summed E-state index contributed by atoms with van der Waals surface area (Å²) < 4.78 is 79.2. The van der Waals surface area contributed by atoms with Gasteiger partial charge in [-0.25, -0.2) is 0 Å². The Morgan fingerprint density at radius 1 is 1.00 bits per heavy atom. The second-order valence-corrected chi connectivity index (χ2v) is 4.79. The first-order valence-electron chi connectivity index (χ1n) is 5.30. The van der Waals surface area contributed by atoms with E-state index in [1.807, 2.05) is 0 Å². The van der Waals surface area contributed by atoms with Crippen molar-refractivity contribution in [2.24, 2.45) is 5.73 Å². The summed E-state index contributed by atoms with van der Waals surface area (Å²) in [5.74, 6) is 0. The van der Waals surface area contributed by atoms with Crippen molar-refractivity contribution in [3.05, 3.63) is 34.3 Å². The minimum atomic E-state index is -5.55. The fourth-order valence-electron chi connectivity index (χ4n) is 1.45. The molecule has 0 amide bonds. The van der Waals surface area contributed by atoms with Crippen LogP contribution in [-0.4, -0.2) is 25.0 Å². The maximum absolute atomic E-state index is 12.4. The molecule has 0 heterocycles. The Morgan fingerprint density at radius 2 is 1.45 bits per heavy atom. The molecular weight excluding hydrogens is 356 g/mol. The van der Waals surface area contributed by atoms with Crippen molar-refractivity contribution in [2.75, 3.05) is 6.54 Å². The molecule has 0 bridgehead atoms. The summed E-state index contributed by atoms with van der Waals surface area (Å²) in [7, 11) is 0. The molecule has 2 N–H and O–H groups in total. The van der Waals surface area contributed by atoms with Gasteiger partial charge in [-0.2, -0.15) is 26.3 Å². The van der Waals surface area contributed by atoms with Gasteiger partial charge in [0.15, 0.2) is 0 Å². The van der Waals surface area contributed by atoms with Crippen LogP contribution in [-0.2, 0) is 4.74 Å². The van der Waals surface area contributed by atoms with Crippen LogP contribution >= 0.6 is 15.9 Å². The van der Waals surface area contributed by atoms with Gasteiger partial charge in [0.1, 0.15) is 0 Å². The molecule has 0 aliphatic rings. The van der Waals surface area contributed by atoms with E-state index >= 15 is 0 Å². The zero-order chi connectivity index (χ0) is 15.6. The van der Waals surface area contributed by atoms with E-state index in [2.05, 4.69) is 20.7 Å². The second kappa shape index (κ2) is 6.31. The molecule has 0 spiro atoms. The lowest BCUT2D eigenvalue weighted by molar-refractivity contribution is -0.331. The first-order chi connectivity index (χ1) is 9.05. The predicted octanol–water partition coefficient (Wildman–Crippen LogP) is 3.96. The van der Waals surface area contributed by atoms with E-state index in [1.165, 1.54) is 24.3 Å². The van der Waals surface area contributed by atoms with Crippen molar-refractivity contribution >= 4 is 15.9 Å². The van der Waals surface area contributed by atoms with Gasteiger partial charge in [-0.05, 0) is 17.7 Å². The molecule has 0 saturated heterocycles. The number of nitrogens with two attached hydrogens (primary N) is 1. The number of hydrogen-bond acceptors (Lipinski definition) is 2. The summed E-state index contributed by atoms with van der Waals surface area (Å²) in [5, 5.41) is 0. The van der Waals surface area contributed by atoms with Gasteiger partial charge in [0.2, 0.25) is 6.10 Å². The molecule has 20 heavy (non-hydrogen) atoms. The Balaban J connectivity index is 2.98. The average molecular weight is 366 g/mol. The zero-order valence-corrected chi connectivity index (χ0v) is 11.4. The Kier molecular flexibility index (Phi) is 5.45. The first kappa shape index (κ1) is 17.3. The molecule has 0 aliphatic heterocycles. The quantitative estimate of drug-likeness (QED) is 0.819. The lowest BCUT2D eigenvalue weighted by Gasteiger charge is -2.27. The Bertz CT molecular complexity index is 416. The van der Waals surface area contributed by atoms with E-state index < -0.39 is 31.1 Å². The normalized spacial score (nSPS) is 14.7. The van der Waals surface area contributed by atoms with Crippen molar-refractivity contribution in [1.82, 2.24) is 0 Å². The average Bonchev–Trinajstić information content (AvgIpc) is 2.28. The van der Waals surface area contributed by atoms with Crippen LogP contribution < -0.4 is 5.73 Å². The number of benzene rings is 1. The van der Waals surface area contributed by atoms with Crippen LogP contribution in [0.15, 0.2) is 28.7 Å². The molecule has 9 heteroatoms. The summed E-state index contributed by atoms with van der Waals surface area (Å²) in [6, 6.07) is 5.62. The number of ether oxygens (including phenoxy) is 1. The van der Waals surface area contributed by atoms with Crippen LogP contribution in [0.4, 0.5) is 26.3 Å². The van der Waals surface area contributed by atoms with Gasteiger partial charge in [-0.3, -0.25) is 0 Å². The summed E-state index contributed by atoms with van der Waals surface area (Å²) >= 11 is 3.10. The SMILES string of the molecule is NCC(OC(C(F)(F)F)C(F)(F)F)c1ccc(Br)cc1. The van der Waals surface area contributed by atoms with Crippen molar-refractivity contribution in [3.8, 4) is 0 Å². The highest BCUT2D eigenvalue weighted by atomic mass is 79.9. The van der Waals surface area contributed by atoms with Gasteiger partial charge in [0.05, 0.1) is 6.10 Å². The molecule has 0 radical (unpaired) electrons. The molecule has 0 fully saturated rings. The molecule has 1 aromatic carbocycles. The highest BCUT2D eigenvalue weighted by Crippen LogP contribution is 2.38. The predicted molar refractivity (Wildman–Crippen MR) is 62.9 cm³/mol. The molecule has 114 valence electrons. The maximum atomic E-state index is 12.4.